The summed E-state index contributed by atoms with van der Waals surface area (Å²) in [6.07, 6.45) is 2.37. The van der Waals surface area contributed by atoms with Gasteiger partial charge in [-0.25, -0.2) is 9.78 Å². The number of anilines is 1. The second kappa shape index (κ2) is 4.41. The predicted molar refractivity (Wildman–Crippen MR) is 64.0 cm³/mol. The highest BCUT2D eigenvalue weighted by atomic mass is 32.1. The lowest BCUT2D eigenvalue weighted by Crippen LogP contribution is -2.33. The van der Waals surface area contributed by atoms with E-state index in [9.17, 15) is 4.79 Å². The summed E-state index contributed by atoms with van der Waals surface area (Å²) in [6, 6.07) is 0.519. The van der Waals surface area contributed by atoms with Crippen molar-refractivity contribution in [1.29, 1.82) is 0 Å². The third kappa shape index (κ3) is 2.19. The number of carbonyl (C=O) groups is 1. The number of esters is 1. The summed E-state index contributed by atoms with van der Waals surface area (Å²) in [7, 11) is 1.38. The molecule has 1 heterocycles. The highest BCUT2D eigenvalue weighted by Gasteiger charge is 2.26. The molecule has 0 amide bonds. The molecule has 0 spiro atoms. The molecule has 1 aromatic heterocycles. The molecule has 0 atom stereocenters. The number of aromatic nitrogens is 1. The van der Waals surface area contributed by atoms with Crippen LogP contribution < -0.4 is 5.32 Å². The molecule has 16 heavy (non-hydrogen) atoms. The standard InChI is InChI=1S/C11H16N2O2S/c1-6-4-8(5-6)12-11-13-9(7(2)16-11)10(14)15-3/h6,8H,4-5H2,1-3H3,(H,12,13). The first-order valence-corrected chi connectivity index (χ1v) is 6.24. The van der Waals surface area contributed by atoms with E-state index in [0.717, 1.165) is 15.9 Å². The van der Waals surface area contributed by atoms with Crippen LogP contribution in [0, 0.1) is 12.8 Å². The van der Waals surface area contributed by atoms with Gasteiger partial charge in [-0.3, -0.25) is 0 Å². The first kappa shape index (κ1) is 11.4. The number of methoxy groups -OCH3 is 1. The molecule has 0 radical (unpaired) electrons. The highest BCUT2D eigenvalue weighted by molar-refractivity contribution is 7.15. The molecular formula is C11H16N2O2S. The third-order valence-corrected chi connectivity index (χ3v) is 3.78. The number of ether oxygens (including phenoxy) is 1. The van der Waals surface area contributed by atoms with Gasteiger partial charge in [-0.05, 0) is 25.7 Å². The molecule has 1 N–H and O–H groups in total. The molecular weight excluding hydrogens is 224 g/mol. The number of hydrogen-bond donors (Lipinski definition) is 1. The van der Waals surface area contributed by atoms with Crippen molar-refractivity contribution in [2.45, 2.75) is 32.7 Å². The van der Waals surface area contributed by atoms with E-state index < -0.39 is 0 Å². The molecule has 0 bridgehead atoms. The Morgan fingerprint density at radius 2 is 2.25 bits per heavy atom. The van der Waals surface area contributed by atoms with Crippen molar-refractivity contribution >= 4 is 22.4 Å². The molecule has 88 valence electrons. The number of nitrogens with zero attached hydrogens (tertiary/aromatic N) is 1. The number of carbonyl (C=O) groups excluding carboxylic acids is 1. The van der Waals surface area contributed by atoms with Crippen LogP contribution >= 0.6 is 11.3 Å². The minimum absolute atomic E-state index is 0.358. The monoisotopic (exact) mass is 240 g/mol. The molecule has 4 nitrogen and oxygen atoms in total. The summed E-state index contributed by atoms with van der Waals surface area (Å²) in [5, 5.41) is 4.18. The number of nitrogens with one attached hydrogen (secondary N) is 1. The summed E-state index contributed by atoms with van der Waals surface area (Å²) in [5.74, 6) is 0.447. The Balaban J connectivity index is 2.03. The Labute approximate surface area is 99.0 Å². The van der Waals surface area contributed by atoms with E-state index in [1.165, 1.54) is 31.3 Å². The van der Waals surface area contributed by atoms with Crippen LogP contribution in [0.25, 0.3) is 0 Å². The number of hydrogen-bond acceptors (Lipinski definition) is 5. The Bertz CT molecular complexity index is 397. The van der Waals surface area contributed by atoms with Gasteiger partial charge in [0.2, 0.25) is 0 Å². The molecule has 1 aliphatic carbocycles. The van der Waals surface area contributed by atoms with Crippen LogP contribution in [-0.4, -0.2) is 24.1 Å². The summed E-state index contributed by atoms with van der Waals surface area (Å²) < 4.78 is 4.67. The van der Waals surface area contributed by atoms with E-state index in [-0.39, 0.29) is 5.97 Å². The van der Waals surface area contributed by atoms with Crippen molar-refractivity contribution in [2.75, 3.05) is 12.4 Å². The molecule has 0 aliphatic heterocycles. The minimum atomic E-state index is -0.358. The average Bonchev–Trinajstić information content (AvgIpc) is 2.56. The maximum Gasteiger partial charge on any atom is 0.357 e. The van der Waals surface area contributed by atoms with Gasteiger partial charge in [0.25, 0.3) is 0 Å². The zero-order chi connectivity index (χ0) is 11.7. The van der Waals surface area contributed by atoms with Gasteiger partial charge in [-0.15, -0.1) is 11.3 Å². The van der Waals surface area contributed by atoms with Crippen molar-refractivity contribution in [3.8, 4) is 0 Å². The average molecular weight is 240 g/mol. The Morgan fingerprint density at radius 1 is 1.56 bits per heavy atom. The lowest BCUT2D eigenvalue weighted by atomic mass is 9.82. The van der Waals surface area contributed by atoms with Gasteiger partial charge >= 0.3 is 5.97 Å². The second-order valence-electron chi connectivity index (χ2n) is 4.33. The first-order chi connectivity index (χ1) is 7.60. The summed E-state index contributed by atoms with van der Waals surface area (Å²) >= 11 is 1.51. The molecule has 5 heteroatoms. The van der Waals surface area contributed by atoms with E-state index >= 15 is 0 Å². The molecule has 0 unspecified atom stereocenters. The zero-order valence-electron chi connectivity index (χ0n) is 9.74. The zero-order valence-corrected chi connectivity index (χ0v) is 10.6. The van der Waals surface area contributed by atoms with Gasteiger partial charge in [0.05, 0.1) is 7.11 Å². The van der Waals surface area contributed by atoms with E-state index in [2.05, 4.69) is 22.0 Å². The number of thiazole rings is 1. The SMILES string of the molecule is COC(=O)c1nc(NC2CC(C)C2)sc1C. The van der Waals surface area contributed by atoms with Crippen molar-refractivity contribution in [2.24, 2.45) is 5.92 Å². The van der Waals surface area contributed by atoms with Crippen molar-refractivity contribution in [1.82, 2.24) is 4.98 Å². The second-order valence-corrected chi connectivity index (χ2v) is 5.54. The molecule has 1 saturated carbocycles. The smallest absolute Gasteiger partial charge is 0.357 e. The normalized spacial score (nSPS) is 23.7. The lowest BCUT2D eigenvalue weighted by Gasteiger charge is -2.33. The van der Waals surface area contributed by atoms with Crippen molar-refractivity contribution in [3.05, 3.63) is 10.6 Å². The minimum Gasteiger partial charge on any atom is -0.464 e. The fourth-order valence-corrected chi connectivity index (χ4v) is 2.82. The molecule has 0 aromatic carbocycles. The van der Waals surface area contributed by atoms with Crippen LogP contribution in [0.15, 0.2) is 0 Å². The number of rotatable bonds is 3. The van der Waals surface area contributed by atoms with E-state index in [1.54, 1.807) is 0 Å². The van der Waals surface area contributed by atoms with Crippen molar-refractivity contribution < 1.29 is 9.53 Å². The van der Waals surface area contributed by atoms with Crippen LogP contribution in [0.4, 0.5) is 5.13 Å². The Hall–Kier alpha value is -1.10. The predicted octanol–water partition coefficient (Wildman–Crippen LogP) is 2.45. The first-order valence-electron chi connectivity index (χ1n) is 5.42. The van der Waals surface area contributed by atoms with Gasteiger partial charge in [-0.2, -0.15) is 0 Å². The topological polar surface area (TPSA) is 51.2 Å². The third-order valence-electron chi connectivity index (χ3n) is 2.88. The lowest BCUT2D eigenvalue weighted by molar-refractivity contribution is 0.0594. The fraction of sp³-hybridized carbons (Fsp3) is 0.636. The van der Waals surface area contributed by atoms with E-state index in [4.69, 9.17) is 0 Å². The number of aryl methyl sites for hydroxylation is 1. The van der Waals surface area contributed by atoms with Crippen LogP contribution in [0.2, 0.25) is 0 Å². The Morgan fingerprint density at radius 3 is 2.81 bits per heavy atom. The van der Waals surface area contributed by atoms with Crippen LogP contribution in [0.1, 0.15) is 35.1 Å². The van der Waals surface area contributed by atoms with Crippen LogP contribution in [0.3, 0.4) is 0 Å². The maximum atomic E-state index is 11.4. The van der Waals surface area contributed by atoms with E-state index in [0.29, 0.717) is 11.7 Å². The van der Waals surface area contributed by atoms with E-state index in [1.807, 2.05) is 6.92 Å². The van der Waals surface area contributed by atoms with Crippen molar-refractivity contribution in [3.63, 3.8) is 0 Å². The highest BCUT2D eigenvalue weighted by Crippen LogP contribution is 2.31. The Kier molecular flexibility index (Phi) is 3.14. The summed E-state index contributed by atoms with van der Waals surface area (Å²) in [4.78, 5) is 16.5. The van der Waals surface area contributed by atoms with Gasteiger partial charge < -0.3 is 10.1 Å². The van der Waals surface area contributed by atoms with Crippen LogP contribution in [0.5, 0.6) is 0 Å². The summed E-state index contributed by atoms with van der Waals surface area (Å²) in [6.45, 7) is 4.13. The fourth-order valence-electron chi connectivity index (χ4n) is 1.94. The maximum absolute atomic E-state index is 11.4. The molecule has 2 rings (SSSR count). The molecule has 1 fully saturated rings. The van der Waals surface area contributed by atoms with Gasteiger partial charge in [0.15, 0.2) is 10.8 Å². The molecule has 1 aliphatic rings. The quantitative estimate of drug-likeness (QED) is 0.824. The van der Waals surface area contributed by atoms with Gasteiger partial charge in [-0.1, -0.05) is 6.92 Å². The largest absolute Gasteiger partial charge is 0.464 e. The molecule has 0 saturated heterocycles. The summed E-state index contributed by atoms with van der Waals surface area (Å²) in [5.41, 5.74) is 0.433. The van der Waals surface area contributed by atoms with Crippen LogP contribution in [-0.2, 0) is 4.74 Å². The molecule has 1 aromatic rings. The van der Waals surface area contributed by atoms with Gasteiger partial charge in [0.1, 0.15) is 0 Å². The van der Waals surface area contributed by atoms with Gasteiger partial charge in [0, 0.05) is 10.9 Å².